The Morgan fingerprint density at radius 1 is 1.00 bits per heavy atom. The number of pyridine rings is 2. The van der Waals surface area contributed by atoms with E-state index in [1.165, 1.54) is 11.9 Å². The van der Waals surface area contributed by atoms with Gasteiger partial charge in [-0.25, -0.2) is 9.37 Å². The van der Waals surface area contributed by atoms with Crippen LogP contribution in [0.25, 0.3) is 11.1 Å². The van der Waals surface area contributed by atoms with E-state index < -0.39 is 0 Å². The van der Waals surface area contributed by atoms with Gasteiger partial charge in [0.2, 0.25) is 5.88 Å². The third-order valence-electron chi connectivity index (χ3n) is 6.77. The van der Waals surface area contributed by atoms with Gasteiger partial charge < -0.3 is 24.0 Å². The molecular formula is C27H33FN6O2S. The second-order valence-electron chi connectivity index (χ2n) is 9.35. The number of nitrogens with zero attached hydrogens (tertiary/aromatic N) is 5. The molecule has 8 nitrogen and oxygen atoms in total. The molecule has 1 aromatic carbocycles. The molecule has 0 spiro atoms. The fraction of sp³-hybridized carbons (Fsp3) is 0.407. The van der Waals surface area contributed by atoms with Crippen molar-refractivity contribution in [3.63, 3.8) is 0 Å². The normalized spacial score (nSPS) is 17.1. The van der Waals surface area contributed by atoms with Crippen LogP contribution in [-0.4, -0.2) is 86.4 Å². The molecule has 0 saturated carbocycles. The Balaban J connectivity index is 1.26. The average Bonchev–Trinajstić information content (AvgIpc) is 2.94. The van der Waals surface area contributed by atoms with Crippen molar-refractivity contribution in [2.45, 2.75) is 11.4 Å². The summed E-state index contributed by atoms with van der Waals surface area (Å²) in [6.07, 6.45) is 5.34. The number of morpholine rings is 1. The summed E-state index contributed by atoms with van der Waals surface area (Å²) >= 11 is 1.41. The van der Waals surface area contributed by atoms with Crippen LogP contribution < -0.4 is 14.4 Å². The zero-order valence-corrected chi connectivity index (χ0v) is 22.1. The average molecular weight is 525 g/mol. The van der Waals surface area contributed by atoms with Gasteiger partial charge in [-0.15, -0.1) is 0 Å². The van der Waals surface area contributed by atoms with Crippen LogP contribution >= 0.6 is 11.9 Å². The van der Waals surface area contributed by atoms with Gasteiger partial charge in [-0.1, -0.05) is 12.1 Å². The van der Waals surface area contributed by atoms with Gasteiger partial charge in [0.1, 0.15) is 5.82 Å². The molecule has 0 bridgehead atoms. The Labute approximate surface area is 221 Å². The molecule has 196 valence electrons. The second-order valence-corrected chi connectivity index (χ2v) is 10.2. The van der Waals surface area contributed by atoms with E-state index in [4.69, 9.17) is 9.47 Å². The minimum atomic E-state index is -0.181. The molecule has 0 radical (unpaired) electrons. The van der Waals surface area contributed by atoms with Gasteiger partial charge >= 0.3 is 0 Å². The van der Waals surface area contributed by atoms with E-state index in [2.05, 4.69) is 42.5 Å². The van der Waals surface area contributed by atoms with Crippen LogP contribution in [0.4, 0.5) is 15.8 Å². The molecule has 3 aromatic rings. The van der Waals surface area contributed by atoms with Crippen molar-refractivity contribution in [1.82, 2.24) is 19.8 Å². The summed E-state index contributed by atoms with van der Waals surface area (Å²) < 4.78 is 29.3. The highest BCUT2D eigenvalue weighted by Crippen LogP contribution is 2.33. The maximum atomic E-state index is 15.0. The number of hydrogen-bond acceptors (Lipinski definition) is 9. The first kappa shape index (κ1) is 25.7. The summed E-state index contributed by atoms with van der Waals surface area (Å²) in [7, 11) is 3.74. The van der Waals surface area contributed by atoms with E-state index in [9.17, 15) is 0 Å². The molecule has 5 rings (SSSR count). The number of piperazine rings is 1. The summed E-state index contributed by atoms with van der Waals surface area (Å²) in [6, 6.07) is 9.52. The van der Waals surface area contributed by atoms with Crippen LogP contribution in [0, 0.1) is 5.82 Å². The number of rotatable bonds is 8. The van der Waals surface area contributed by atoms with Crippen molar-refractivity contribution >= 4 is 23.3 Å². The standard InChI is InChI=1S/C27H33FN6O2S/c1-32-5-7-33(8-6-32)19-21-4-3-20(14-25(21)28)22-13-23(17-29-16-22)31-37-26-15-24(18-30-27(26)35-2)34-9-11-36-12-10-34/h3-4,13-18,31H,5-12,19H2,1-2H3. The number of nitrogens with one attached hydrogen (secondary N) is 1. The van der Waals surface area contributed by atoms with Gasteiger partial charge in [0.05, 0.1) is 49.0 Å². The molecule has 2 aliphatic rings. The Morgan fingerprint density at radius 3 is 2.57 bits per heavy atom. The third-order valence-corrected chi connectivity index (χ3v) is 7.62. The van der Waals surface area contributed by atoms with Crippen LogP contribution in [0.5, 0.6) is 5.88 Å². The van der Waals surface area contributed by atoms with Gasteiger partial charge in [0.15, 0.2) is 0 Å². The molecule has 1 N–H and O–H groups in total. The molecule has 0 amide bonds. The number of likely N-dealkylation sites (N-methyl/N-ethyl adjacent to an activating group) is 1. The summed E-state index contributed by atoms with van der Waals surface area (Å²) in [5, 5.41) is 0. The summed E-state index contributed by atoms with van der Waals surface area (Å²) in [6.45, 7) is 7.68. The quantitative estimate of drug-likeness (QED) is 0.441. The number of methoxy groups -OCH3 is 1. The zero-order chi connectivity index (χ0) is 25.6. The Bertz CT molecular complexity index is 1200. The minimum Gasteiger partial charge on any atom is -0.480 e. The molecule has 4 heterocycles. The highest BCUT2D eigenvalue weighted by Gasteiger charge is 2.17. The maximum Gasteiger partial charge on any atom is 0.229 e. The fourth-order valence-electron chi connectivity index (χ4n) is 4.51. The number of ether oxygens (including phenoxy) is 2. The number of halogens is 1. The summed E-state index contributed by atoms with van der Waals surface area (Å²) in [4.78, 5) is 16.6. The van der Waals surface area contributed by atoms with E-state index in [0.717, 1.165) is 72.2 Å². The molecule has 2 saturated heterocycles. The fourth-order valence-corrected chi connectivity index (χ4v) is 5.25. The van der Waals surface area contributed by atoms with Crippen molar-refractivity contribution in [3.8, 4) is 17.0 Å². The van der Waals surface area contributed by atoms with Crippen molar-refractivity contribution in [3.05, 3.63) is 60.3 Å². The summed E-state index contributed by atoms with van der Waals surface area (Å²) in [5.74, 6) is 0.372. The smallest absolute Gasteiger partial charge is 0.229 e. The molecule has 0 unspecified atom stereocenters. The summed E-state index contributed by atoms with van der Waals surface area (Å²) in [5.41, 5.74) is 4.22. The van der Waals surface area contributed by atoms with Crippen molar-refractivity contribution < 1.29 is 13.9 Å². The Hall–Kier alpha value is -2.92. The molecular weight excluding hydrogens is 491 g/mol. The predicted molar refractivity (Wildman–Crippen MR) is 146 cm³/mol. The zero-order valence-electron chi connectivity index (χ0n) is 21.3. The highest BCUT2D eigenvalue weighted by molar-refractivity contribution is 8.00. The predicted octanol–water partition coefficient (Wildman–Crippen LogP) is 3.99. The van der Waals surface area contributed by atoms with E-state index >= 15 is 4.39 Å². The number of anilines is 2. The number of benzene rings is 1. The van der Waals surface area contributed by atoms with Crippen LogP contribution in [0.2, 0.25) is 0 Å². The highest BCUT2D eigenvalue weighted by atomic mass is 32.2. The van der Waals surface area contributed by atoms with Crippen molar-refractivity contribution in [1.29, 1.82) is 0 Å². The monoisotopic (exact) mass is 524 g/mol. The van der Waals surface area contributed by atoms with Crippen LogP contribution in [0.1, 0.15) is 5.56 Å². The van der Waals surface area contributed by atoms with Crippen LogP contribution in [-0.2, 0) is 11.3 Å². The van der Waals surface area contributed by atoms with Gasteiger partial charge in [-0.2, -0.15) is 0 Å². The van der Waals surface area contributed by atoms with E-state index in [0.29, 0.717) is 25.6 Å². The minimum absolute atomic E-state index is 0.181. The first-order valence-electron chi connectivity index (χ1n) is 12.5. The van der Waals surface area contributed by atoms with Crippen molar-refractivity contribution in [2.24, 2.45) is 0 Å². The molecule has 2 aliphatic heterocycles. The molecule has 10 heteroatoms. The number of hydrogen-bond donors (Lipinski definition) is 1. The molecule has 37 heavy (non-hydrogen) atoms. The van der Waals surface area contributed by atoms with Crippen LogP contribution in [0.3, 0.4) is 0 Å². The Kier molecular flexibility index (Phi) is 8.40. The molecule has 0 atom stereocenters. The van der Waals surface area contributed by atoms with E-state index in [1.54, 1.807) is 25.6 Å². The van der Waals surface area contributed by atoms with Gasteiger partial charge in [0, 0.05) is 63.1 Å². The van der Waals surface area contributed by atoms with Gasteiger partial charge in [0.25, 0.3) is 0 Å². The lowest BCUT2D eigenvalue weighted by Crippen LogP contribution is -2.44. The molecule has 0 aliphatic carbocycles. The molecule has 2 aromatic heterocycles. The lowest BCUT2D eigenvalue weighted by atomic mass is 10.0. The van der Waals surface area contributed by atoms with Crippen molar-refractivity contribution in [2.75, 3.05) is 76.3 Å². The Morgan fingerprint density at radius 2 is 1.81 bits per heavy atom. The van der Waals surface area contributed by atoms with Crippen LogP contribution in [0.15, 0.2) is 53.8 Å². The van der Waals surface area contributed by atoms with E-state index in [-0.39, 0.29) is 5.82 Å². The first-order chi connectivity index (χ1) is 18.1. The van der Waals surface area contributed by atoms with Gasteiger partial charge in [-0.3, -0.25) is 9.88 Å². The molecule has 2 fully saturated rings. The third kappa shape index (κ3) is 6.51. The van der Waals surface area contributed by atoms with E-state index in [1.807, 2.05) is 24.4 Å². The maximum absolute atomic E-state index is 15.0. The first-order valence-corrected chi connectivity index (χ1v) is 13.3. The van der Waals surface area contributed by atoms with Gasteiger partial charge in [-0.05, 0) is 42.8 Å². The largest absolute Gasteiger partial charge is 0.480 e. The second kappa shape index (κ2) is 12.1. The lowest BCUT2D eigenvalue weighted by Gasteiger charge is -2.32. The topological polar surface area (TPSA) is 66.0 Å². The number of aromatic nitrogens is 2. The lowest BCUT2D eigenvalue weighted by molar-refractivity contribution is 0.122. The SMILES string of the molecule is COc1ncc(N2CCOCC2)cc1SNc1cncc(-c2ccc(CN3CCN(C)CC3)c(F)c2)c1.